The van der Waals surface area contributed by atoms with Crippen LogP contribution in [-0.2, 0) is 22.4 Å². The number of benzene rings is 1. The first kappa shape index (κ1) is 24.6. The molecule has 1 heterocycles. The molecule has 1 aromatic heterocycles. The van der Waals surface area contributed by atoms with Crippen molar-refractivity contribution in [3.63, 3.8) is 0 Å². The molecule has 34 heavy (non-hydrogen) atoms. The normalized spacial score (nSPS) is 12.5. The number of nitriles is 1. The number of halogens is 2. The molecule has 5 N–H and O–H groups in total. The lowest BCUT2D eigenvalue weighted by Gasteiger charge is -2.16. The van der Waals surface area contributed by atoms with Crippen LogP contribution < -0.4 is 21.0 Å². The number of aromatic amines is 1. The van der Waals surface area contributed by atoms with E-state index in [0.717, 1.165) is 0 Å². The molecule has 3 rings (SSSR count). The number of H-pyrrole nitrogens is 1. The number of ether oxygens (including phenoxy) is 2. The minimum atomic E-state index is -1.21. The number of phenols is 2. The molecule has 2 amide bonds. The number of rotatable bonds is 6. The number of aromatic hydroxyl groups is 2. The average Bonchev–Trinajstić information content (AvgIpc) is 3.30. The maximum absolute atomic E-state index is 11.9. The number of amides is 2. The van der Waals surface area contributed by atoms with E-state index in [1.165, 1.54) is 13.0 Å². The quantitative estimate of drug-likeness (QED) is 0.218. The fourth-order valence-electron chi connectivity index (χ4n) is 3.04. The summed E-state index contributed by atoms with van der Waals surface area (Å²) in [6.45, 7) is 1.50. The van der Waals surface area contributed by atoms with Crippen molar-refractivity contribution in [1.82, 2.24) is 15.5 Å². The maximum atomic E-state index is 11.9. The highest BCUT2D eigenvalue weighted by molar-refractivity contribution is 6.47. The van der Waals surface area contributed by atoms with Crippen LogP contribution in [0.1, 0.15) is 24.5 Å². The molecule has 2 aromatic rings. The van der Waals surface area contributed by atoms with E-state index in [-0.39, 0.29) is 23.8 Å². The summed E-state index contributed by atoms with van der Waals surface area (Å²) in [6, 6.07) is 1.44. The number of fused-ring (bicyclic) bond motifs is 1. The Morgan fingerprint density at radius 3 is 2.50 bits per heavy atom. The number of aromatic nitrogens is 2. The van der Waals surface area contributed by atoms with Gasteiger partial charge in [0.15, 0.2) is 17.2 Å². The third-order valence-corrected chi connectivity index (χ3v) is 5.29. The van der Waals surface area contributed by atoms with Gasteiger partial charge in [0.1, 0.15) is 21.8 Å². The zero-order valence-electron chi connectivity index (χ0n) is 17.4. The van der Waals surface area contributed by atoms with Gasteiger partial charge in [-0.15, -0.1) is 5.10 Å². The third kappa shape index (κ3) is 4.82. The summed E-state index contributed by atoms with van der Waals surface area (Å²) in [5.74, 6) is -3.14. The zero-order chi connectivity index (χ0) is 25.0. The van der Waals surface area contributed by atoms with Crippen LogP contribution in [0, 0.1) is 11.3 Å². The highest BCUT2D eigenvalue weighted by Gasteiger charge is 2.27. The van der Waals surface area contributed by atoms with Gasteiger partial charge < -0.3 is 19.7 Å². The van der Waals surface area contributed by atoms with Crippen LogP contribution in [-0.4, -0.2) is 44.7 Å². The molecule has 0 radical (unpaired) electrons. The van der Waals surface area contributed by atoms with E-state index in [1.807, 2.05) is 0 Å². The van der Waals surface area contributed by atoms with Gasteiger partial charge in [0, 0.05) is 11.1 Å². The van der Waals surface area contributed by atoms with Crippen molar-refractivity contribution in [3.8, 4) is 29.2 Å². The van der Waals surface area contributed by atoms with Gasteiger partial charge in [-0.2, -0.15) is 10.4 Å². The number of phenolic OH excluding ortho intramolecular Hbond substituents is 2. The van der Waals surface area contributed by atoms with Gasteiger partial charge in [-0.25, -0.2) is 9.89 Å². The van der Waals surface area contributed by atoms with Crippen LogP contribution in [0.25, 0.3) is 0 Å². The van der Waals surface area contributed by atoms with Crippen LogP contribution in [0.3, 0.4) is 0 Å². The number of alkyl carbamates (subject to hydrolysis) is 1. The lowest BCUT2D eigenvalue weighted by atomic mass is 10.2. The largest absolute Gasteiger partial charge is 0.504 e. The SMILES string of the molecule is CCOC(=O)NC(=O)/C(C#N)=N\Nc1c(O)c(Cl)c(Oc2n[nH]c(=O)c3c2CCC3)c(Cl)c1O. The highest BCUT2D eigenvalue weighted by atomic mass is 35.5. The van der Waals surface area contributed by atoms with E-state index in [0.29, 0.717) is 30.4 Å². The molecule has 0 bridgehead atoms. The Morgan fingerprint density at radius 1 is 1.24 bits per heavy atom. The summed E-state index contributed by atoms with van der Waals surface area (Å²) < 4.78 is 10.1. The Morgan fingerprint density at radius 2 is 1.88 bits per heavy atom. The van der Waals surface area contributed by atoms with Crippen molar-refractivity contribution in [2.45, 2.75) is 26.2 Å². The first-order chi connectivity index (χ1) is 16.2. The maximum Gasteiger partial charge on any atom is 0.414 e. The van der Waals surface area contributed by atoms with Gasteiger partial charge in [-0.3, -0.25) is 20.3 Å². The lowest BCUT2D eigenvalue weighted by molar-refractivity contribution is -0.114. The molecule has 15 heteroatoms. The second kappa shape index (κ2) is 10.3. The predicted molar refractivity (Wildman–Crippen MR) is 119 cm³/mol. The van der Waals surface area contributed by atoms with Crippen molar-refractivity contribution in [1.29, 1.82) is 5.26 Å². The monoisotopic (exact) mass is 510 g/mol. The number of anilines is 1. The number of nitrogens with zero attached hydrogens (tertiary/aromatic N) is 3. The molecule has 0 fully saturated rings. The van der Waals surface area contributed by atoms with Crippen LogP contribution in [0.4, 0.5) is 10.5 Å². The van der Waals surface area contributed by atoms with Gasteiger partial charge in [0.2, 0.25) is 11.6 Å². The van der Waals surface area contributed by atoms with Crippen molar-refractivity contribution >= 4 is 46.6 Å². The molecule has 1 aliphatic rings. The Hall–Kier alpha value is -4.02. The van der Waals surface area contributed by atoms with Crippen LogP contribution in [0.5, 0.6) is 23.1 Å². The third-order valence-electron chi connectivity index (χ3n) is 4.59. The Bertz CT molecular complexity index is 1270. The Labute approximate surface area is 200 Å². The molecule has 0 atom stereocenters. The fraction of sp³-hybridized carbons (Fsp3) is 0.263. The fourth-order valence-corrected chi connectivity index (χ4v) is 3.55. The number of hydrogen-bond donors (Lipinski definition) is 5. The van der Waals surface area contributed by atoms with E-state index in [1.54, 1.807) is 5.32 Å². The summed E-state index contributed by atoms with van der Waals surface area (Å²) in [7, 11) is 0. The van der Waals surface area contributed by atoms with E-state index >= 15 is 0 Å². The minimum Gasteiger partial charge on any atom is -0.504 e. The number of hydrogen-bond acceptors (Lipinski definition) is 11. The van der Waals surface area contributed by atoms with Gasteiger partial charge in [0.05, 0.1) is 6.61 Å². The molecule has 1 aromatic carbocycles. The summed E-state index contributed by atoms with van der Waals surface area (Å²) >= 11 is 12.3. The first-order valence-electron chi connectivity index (χ1n) is 9.62. The van der Waals surface area contributed by atoms with Crippen LogP contribution >= 0.6 is 23.2 Å². The molecule has 0 saturated carbocycles. The Kier molecular flexibility index (Phi) is 7.44. The predicted octanol–water partition coefficient (Wildman–Crippen LogP) is 2.33. The highest BCUT2D eigenvalue weighted by Crippen LogP contribution is 2.52. The van der Waals surface area contributed by atoms with Crippen molar-refractivity contribution in [3.05, 3.63) is 31.5 Å². The summed E-state index contributed by atoms with van der Waals surface area (Å²) in [5.41, 5.74) is 1.41. The molecule has 0 unspecified atom stereocenters. The summed E-state index contributed by atoms with van der Waals surface area (Å²) in [6.07, 6.45) is 0.669. The van der Waals surface area contributed by atoms with Gasteiger partial charge in [0.25, 0.3) is 11.5 Å². The van der Waals surface area contributed by atoms with Crippen molar-refractivity contribution < 1.29 is 29.3 Å². The second-order valence-corrected chi connectivity index (χ2v) is 7.41. The molecule has 0 spiro atoms. The molecule has 13 nitrogen and oxygen atoms in total. The number of nitrogens with one attached hydrogen (secondary N) is 3. The molecule has 0 aliphatic heterocycles. The van der Waals surface area contributed by atoms with Gasteiger partial charge in [-0.1, -0.05) is 23.2 Å². The molecule has 0 saturated heterocycles. The van der Waals surface area contributed by atoms with Gasteiger partial charge >= 0.3 is 6.09 Å². The van der Waals surface area contributed by atoms with E-state index in [4.69, 9.17) is 33.2 Å². The van der Waals surface area contributed by atoms with Gasteiger partial charge in [-0.05, 0) is 26.2 Å². The first-order valence-corrected chi connectivity index (χ1v) is 10.4. The van der Waals surface area contributed by atoms with Crippen molar-refractivity contribution in [2.75, 3.05) is 12.0 Å². The van der Waals surface area contributed by atoms with E-state index < -0.39 is 44.9 Å². The van der Waals surface area contributed by atoms with E-state index in [9.17, 15) is 24.6 Å². The summed E-state index contributed by atoms with van der Waals surface area (Å²) in [5, 5.41) is 40.4. The number of carbonyl (C=O) groups excluding carboxylic acids is 2. The number of hydrazone groups is 1. The lowest BCUT2D eigenvalue weighted by Crippen LogP contribution is -2.36. The molecular formula is C19H16Cl2N6O7. The standard InChI is InChI=1S/C19H16Cl2N6O7/c1-2-33-19(32)23-17(31)9(6-22)24-25-12-13(28)10(20)15(11(21)14(12)29)34-18-8-5-3-4-7(8)16(30)26-27-18/h25,28-29H,2-5H2,1H3,(H,26,30)(H,23,31,32)/b24-9-. The second-order valence-electron chi connectivity index (χ2n) is 6.66. The molecule has 178 valence electrons. The minimum absolute atomic E-state index is 0.00386. The van der Waals surface area contributed by atoms with E-state index in [2.05, 4.69) is 25.5 Å². The smallest absolute Gasteiger partial charge is 0.414 e. The molecule has 1 aliphatic carbocycles. The zero-order valence-corrected chi connectivity index (χ0v) is 18.9. The number of imide groups is 1. The Balaban J connectivity index is 1.91. The topological polar surface area (TPSA) is 199 Å². The van der Waals surface area contributed by atoms with Crippen LogP contribution in [0.2, 0.25) is 10.0 Å². The van der Waals surface area contributed by atoms with Crippen molar-refractivity contribution in [2.24, 2.45) is 5.10 Å². The summed E-state index contributed by atoms with van der Waals surface area (Å²) in [4.78, 5) is 35.1. The molecular weight excluding hydrogens is 495 g/mol. The average molecular weight is 511 g/mol. The number of carbonyl (C=O) groups is 2. The van der Waals surface area contributed by atoms with Crippen LogP contribution in [0.15, 0.2) is 9.90 Å².